The average Bonchev–Trinajstić information content (AvgIpc) is 3.19. The fourth-order valence-electron chi connectivity index (χ4n) is 2.83. The molecular formula is C17H22N4O3S. The van der Waals surface area contributed by atoms with Crippen molar-refractivity contribution in [1.82, 2.24) is 5.32 Å². The van der Waals surface area contributed by atoms with E-state index in [0.717, 1.165) is 35.3 Å². The van der Waals surface area contributed by atoms with Crippen LogP contribution in [0.25, 0.3) is 0 Å². The summed E-state index contributed by atoms with van der Waals surface area (Å²) in [5.41, 5.74) is 1.74. The maximum Gasteiger partial charge on any atom is 0.328 e. The summed E-state index contributed by atoms with van der Waals surface area (Å²) >= 11 is 1.65. The van der Waals surface area contributed by atoms with Crippen molar-refractivity contribution in [3.05, 3.63) is 18.2 Å². The Labute approximate surface area is 151 Å². The second-order valence-corrected chi connectivity index (χ2v) is 7.09. The van der Waals surface area contributed by atoms with Gasteiger partial charge in [0.25, 0.3) is 0 Å². The number of aliphatic imine (C=N–C) groups is 1. The molecule has 8 heteroatoms. The Morgan fingerprint density at radius 2 is 2.24 bits per heavy atom. The van der Waals surface area contributed by atoms with Crippen LogP contribution >= 0.6 is 11.8 Å². The number of ether oxygens (including phenoxy) is 1. The highest BCUT2D eigenvalue weighted by molar-refractivity contribution is 8.14. The highest BCUT2D eigenvalue weighted by atomic mass is 32.2. The molecular weight excluding hydrogens is 340 g/mol. The molecule has 2 atom stereocenters. The van der Waals surface area contributed by atoms with E-state index < -0.39 is 18.0 Å². The van der Waals surface area contributed by atoms with Gasteiger partial charge in [-0.2, -0.15) is 0 Å². The summed E-state index contributed by atoms with van der Waals surface area (Å²) in [4.78, 5) is 32.0. The van der Waals surface area contributed by atoms with Crippen molar-refractivity contribution in [2.75, 3.05) is 30.4 Å². The lowest BCUT2D eigenvalue weighted by Gasteiger charge is -2.22. The van der Waals surface area contributed by atoms with Crippen LogP contribution in [0.1, 0.15) is 20.3 Å². The minimum Gasteiger partial charge on any atom is -0.467 e. The van der Waals surface area contributed by atoms with Gasteiger partial charge in [0.2, 0.25) is 0 Å². The number of thioether (sulfide) groups is 1. The predicted molar refractivity (Wildman–Crippen MR) is 99.4 cm³/mol. The SMILES string of the molecule is CCC(C)C(NC(=O)Nc1ccc2c(c1)N1CCN=C1S2)C(=O)OC. The van der Waals surface area contributed by atoms with E-state index in [1.807, 2.05) is 32.0 Å². The first-order chi connectivity index (χ1) is 12.0. The quantitative estimate of drug-likeness (QED) is 0.787. The van der Waals surface area contributed by atoms with Gasteiger partial charge in [0.1, 0.15) is 6.04 Å². The van der Waals surface area contributed by atoms with E-state index in [0.29, 0.717) is 5.69 Å². The molecule has 0 aliphatic carbocycles. The van der Waals surface area contributed by atoms with Crippen LogP contribution in [0.5, 0.6) is 0 Å². The smallest absolute Gasteiger partial charge is 0.328 e. The third-order valence-electron chi connectivity index (χ3n) is 4.47. The molecule has 0 saturated heterocycles. The average molecular weight is 362 g/mol. The van der Waals surface area contributed by atoms with Crippen LogP contribution in [0, 0.1) is 5.92 Å². The number of amidine groups is 1. The number of fused-ring (bicyclic) bond motifs is 3. The van der Waals surface area contributed by atoms with Crippen LogP contribution in [0.2, 0.25) is 0 Å². The van der Waals surface area contributed by atoms with Crippen LogP contribution in [0.15, 0.2) is 28.1 Å². The Morgan fingerprint density at radius 1 is 1.44 bits per heavy atom. The van der Waals surface area contributed by atoms with Crippen LogP contribution in [-0.4, -0.2) is 43.4 Å². The molecule has 0 aromatic heterocycles. The molecule has 2 aliphatic heterocycles. The second-order valence-electron chi connectivity index (χ2n) is 6.09. The monoisotopic (exact) mass is 362 g/mol. The first-order valence-electron chi connectivity index (χ1n) is 8.32. The van der Waals surface area contributed by atoms with Crippen molar-refractivity contribution >= 4 is 40.3 Å². The van der Waals surface area contributed by atoms with Crippen molar-refractivity contribution in [1.29, 1.82) is 0 Å². The largest absolute Gasteiger partial charge is 0.467 e. The summed E-state index contributed by atoms with van der Waals surface area (Å²) in [6.07, 6.45) is 0.757. The fraction of sp³-hybridized carbons (Fsp3) is 0.471. The minimum atomic E-state index is -0.669. The molecule has 0 bridgehead atoms. The second kappa shape index (κ2) is 7.35. The lowest BCUT2D eigenvalue weighted by molar-refractivity contribution is -0.144. The highest BCUT2D eigenvalue weighted by Gasteiger charge is 2.30. The van der Waals surface area contributed by atoms with Gasteiger partial charge in [-0.05, 0) is 35.9 Å². The third-order valence-corrected chi connectivity index (χ3v) is 5.56. The number of rotatable bonds is 5. The summed E-state index contributed by atoms with van der Waals surface area (Å²) in [5, 5.41) is 6.53. The number of amides is 2. The normalized spacial score (nSPS) is 17.2. The van der Waals surface area contributed by atoms with Gasteiger partial charge in [-0.25, -0.2) is 9.59 Å². The summed E-state index contributed by atoms with van der Waals surface area (Å²) in [5.74, 6) is -0.453. The summed E-state index contributed by atoms with van der Waals surface area (Å²) < 4.78 is 4.79. The van der Waals surface area contributed by atoms with Gasteiger partial charge < -0.3 is 20.3 Å². The Morgan fingerprint density at radius 3 is 2.96 bits per heavy atom. The molecule has 2 N–H and O–H groups in total. The highest BCUT2D eigenvalue weighted by Crippen LogP contribution is 2.43. The molecule has 2 heterocycles. The molecule has 7 nitrogen and oxygen atoms in total. The fourth-order valence-corrected chi connectivity index (χ4v) is 3.89. The van der Waals surface area contributed by atoms with Crippen LogP contribution in [0.4, 0.5) is 16.2 Å². The van der Waals surface area contributed by atoms with Gasteiger partial charge >= 0.3 is 12.0 Å². The molecule has 2 unspecified atom stereocenters. The molecule has 2 amide bonds. The minimum absolute atomic E-state index is 0.0157. The molecule has 1 aromatic rings. The van der Waals surface area contributed by atoms with E-state index in [1.165, 1.54) is 7.11 Å². The maximum atomic E-state index is 12.3. The van der Waals surface area contributed by atoms with Gasteiger partial charge in [-0.15, -0.1) is 0 Å². The van der Waals surface area contributed by atoms with E-state index >= 15 is 0 Å². The van der Waals surface area contributed by atoms with E-state index in [9.17, 15) is 9.59 Å². The zero-order chi connectivity index (χ0) is 18.0. The van der Waals surface area contributed by atoms with E-state index in [-0.39, 0.29) is 5.92 Å². The van der Waals surface area contributed by atoms with Gasteiger partial charge in [-0.3, -0.25) is 4.99 Å². The Kier molecular flexibility index (Phi) is 5.17. The Balaban J connectivity index is 1.68. The van der Waals surface area contributed by atoms with Gasteiger partial charge in [0, 0.05) is 17.1 Å². The number of nitrogens with one attached hydrogen (secondary N) is 2. The number of urea groups is 1. The molecule has 2 aliphatic rings. The number of benzene rings is 1. The summed E-state index contributed by atoms with van der Waals surface area (Å²) in [6, 6.07) is 4.67. The number of nitrogens with zero attached hydrogens (tertiary/aromatic N) is 2. The number of carbonyl (C=O) groups excluding carboxylic acids is 2. The van der Waals surface area contributed by atoms with Crippen molar-refractivity contribution in [3.8, 4) is 0 Å². The maximum absolute atomic E-state index is 12.3. The third kappa shape index (κ3) is 3.58. The Hall–Kier alpha value is -2.22. The van der Waals surface area contributed by atoms with Crippen LogP contribution in [0.3, 0.4) is 0 Å². The van der Waals surface area contributed by atoms with Crippen LogP contribution < -0.4 is 15.5 Å². The van der Waals surface area contributed by atoms with Crippen molar-refractivity contribution in [3.63, 3.8) is 0 Å². The number of anilines is 2. The lowest BCUT2D eigenvalue weighted by Crippen LogP contribution is -2.47. The standard InChI is InChI=1S/C17H22N4O3S/c1-4-10(2)14(15(22)24-3)20-16(23)19-11-5-6-13-12(9-11)21-8-7-18-17(21)25-13/h5-6,9-10,14H,4,7-8H2,1-3H3,(H2,19,20,23). The first-order valence-corrected chi connectivity index (χ1v) is 9.14. The van der Waals surface area contributed by atoms with E-state index in [1.54, 1.807) is 11.8 Å². The van der Waals surface area contributed by atoms with Crippen molar-refractivity contribution in [2.45, 2.75) is 31.2 Å². The predicted octanol–water partition coefficient (Wildman–Crippen LogP) is 2.68. The summed E-state index contributed by atoms with van der Waals surface area (Å²) in [7, 11) is 1.32. The number of esters is 1. The number of hydrogen-bond acceptors (Lipinski definition) is 6. The van der Waals surface area contributed by atoms with Crippen molar-refractivity contribution in [2.24, 2.45) is 10.9 Å². The van der Waals surface area contributed by atoms with E-state index in [2.05, 4.69) is 20.5 Å². The molecule has 1 aromatic carbocycles. The molecule has 0 saturated carbocycles. The van der Waals surface area contributed by atoms with E-state index in [4.69, 9.17) is 4.74 Å². The Bertz CT molecular complexity index is 722. The molecule has 25 heavy (non-hydrogen) atoms. The zero-order valence-corrected chi connectivity index (χ0v) is 15.4. The van der Waals surface area contributed by atoms with Crippen molar-refractivity contribution < 1.29 is 14.3 Å². The molecule has 0 radical (unpaired) electrons. The number of methoxy groups -OCH3 is 1. The van der Waals surface area contributed by atoms with Crippen LogP contribution in [-0.2, 0) is 9.53 Å². The molecule has 0 fully saturated rings. The van der Waals surface area contributed by atoms with Gasteiger partial charge in [0.05, 0.1) is 19.3 Å². The van der Waals surface area contributed by atoms with Gasteiger partial charge in [0.15, 0.2) is 5.17 Å². The lowest BCUT2D eigenvalue weighted by atomic mass is 9.99. The number of carbonyl (C=O) groups is 2. The number of hydrogen-bond donors (Lipinski definition) is 2. The molecule has 0 spiro atoms. The summed E-state index contributed by atoms with van der Waals surface area (Å²) in [6.45, 7) is 5.54. The molecule has 3 rings (SSSR count). The van der Waals surface area contributed by atoms with Gasteiger partial charge in [-0.1, -0.05) is 20.3 Å². The zero-order valence-electron chi connectivity index (χ0n) is 14.5. The first kappa shape index (κ1) is 17.6. The topological polar surface area (TPSA) is 83.0 Å². The molecule has 134 valence electrons.